The van der Waals surface area contributed by atoms with Crippen LogP contribution >= 0.6 is 0 Å². The van der Waals surface area contributed by atoms with Crippen LogP contribution in [0.3, 0.4) is 0 Å². The van der Waals surface area contributed by atoms with E-state index in [1.165, 1.54) is 31.4 Å². The normalized spacial score (nSPS) is 15.0. The molecule has 33 heavy (non-hydrogen) atoms. The first-order valence-corrected chi connectivity index (χ1v) is 11.1. The van der Waals surface area contributed by atoms with Gasteiger partial charge in [-0.25, -0.2) is 0 Å². The third-order valence-corrected chi connectivity index (χ3v) is 6.35. The van der Waals surface area contributed by atoms with Crippen molar-refractivity contribution in [3.05, 3.63) is 70.9 Å². The van der Waals surface area contributed by atoms with Crippen molar-refractivity contribution in [3.8, 4) is 0 Å². The Hall–Kier alpha value is -3.29. The summed E-state index contributed by atoms with van der Waals surface area (Å²) in [6.45, 7) is 0.828. The van der Waals surface area contributed by atoms with Crippen LogP contribution in [0.2, 0.25) is 0 Å². The van der Waals surface area contributed by atoms with E-state index in [9.17, 15) is 18.0 Å². The number of carbonyl (C=O) groups is 1. The van der Waals surface area contributed by atoms with Gasteiger partial charge in [0.25, 0.3) is 5.91 Å². The zero-order valence-electron chi connectivity index (χ0n) is 18.2. The number of hydrogen-bond donors (Lipinski definition) is 3. The summed E-state index contributed by atoms with van der Waals surface area (Å²) in [5.74, 6) is 0.162. The van der Waals surface area contributed by atoms with Gasteiger partial charge in [-0.15, -0.1) is 0 Å². The van der Waals surface area contributed by atoms with Crippen LogP contribution in [0, 0.1) is 11.3 Å². The third kappa shape index (κ3) is 5.21. The molecule has 1 heterocycles. The minimum absolute atomic E-state index is 0.0949. The molecule has 0 atom stereocenters. The van der Waals surface area contributed by atoms with Gasteiger partial charge in [0, 0.05) is 29.6 Å². The van der Waals surface area contributed by atoms with Gasteiger partial charge in [-0.1, -0.05) is 43.5 Å². The standard InChI is InChI=1S/C25H27F3N4O/c26-25(27,28)20-10-6-17(7-11-20)15-32-21-13-19(23(29)30)9-8-18(21)12-22(32)24(33)31-14-16-4-2-1-3-5-16/h6-13,16H,1-5,14-15H2,(H3,29,30)(H,31,33). The molecule has 174 valence electrons. The number of alkyl halides is 3. The number of benzene rings is 2. The molecule has 5 nitrogen and oxygen atoms in total. The zero-order valence-corrected chi connectivity index (χ0v) is 18.2. The molecule has 4 N–H and O–H groups in total. The Morgan fingerprint density at radius 1 is 1.06 bits per heavy atom. The van der Waals surface area contributed by atoms with Gasteiger partial charge >= 0.3 is 6.18 Å². The van der Waals surface area contributed by atoms with Crippen molar-refractivity contribution in [2.75, 3.05) is 6.54 Å². The summed E-state index contributed by atoms with van der Waals surface area (Å²) in [7, 11) is 0. The molecule has 1 fully saturated rings. The molecule has 0 unspecified atom stereocenters. The molecule has 0 spiro atoms. The topological polar surface area (TPSA) is 83.9 Å². The number of hydrogen-bond acceptors (Lipinski definition) is 2. The fraction of sp³-hybridized carbons (Fsp3) is 0.360. The van der Waals surface area contributed by atoms with Crippen LogP contribution in [0.1, 0.15) is 59.3 Å². The van der Waals surface area contributed by atoms with Gasteiger partial charge in [0.05, 0.1) is 5.56 Å². The van der Waals surface area contributed by atoms with E-state index < -0.39 is 11.7 Å². The second-order valence-electron chi connectivity index (χ2n) is 8.71. The number of rotatable bonds is 6. The minimum Gasteiger partial charge on any atom is -0.384 e. The van der Waals surface area contributed by atoms with Crippen LogP contribution in [0.15, 0.2) is 48.5 Å². The number of amides is 1. The highest BCUT2D eigenvalue weighted by atomic mass is 19.4. The molecule has 0 bridgehead atoms. The van der Waals surface area contributed by atoms with Gasteiger partial charge in [0.15, 0.2) is 0 Å². The Labute approximate surface area is 190 Å². The van der Waals surface area contributed by atoms with E-state index in [0.717, 1.165) is 30.4 Å². The lowest BCUT2D eigenvalue weighted by molar-refractivity contribution is -0.137. The second-order valence-corrected chi connectivity index (χ2v) is 8.71. The second kappa shape index (κ2) is 9.29. The number of fused-ring (bicyclic) bond motifs is 1. The first-order chi connectivity index (χ1) is 15.7. The summed E-state index contributed by atoms with van der Waals surface area (Å²) in [6.07, 6.45) is 1.42. The number of nitrogen functional groups attached to an aromatic ring is 1. The molecule has 1 aromatic heterocycles. The average Bonchev–Trinajstić information content (AvgIpc) is 3.15. The van der Waals surface area contributed by atoms with E-state index in [0.29, 0.717) is 34.8 Å². The SMILES string of the molecule is N=C(N)c1ccc2cc(C(=O)NCC3CCCCC3)n(Cc3ccc(C(F)(F)F)cc3)c2c1. The van der Waals surface area contributed by atoms with Crippen LogP contribution in [0.4, 0.5) is 13.2 Å². The molecule has 0 aliphatic heterocycles. The summed E-state index contributed by atoms with van der Waals surface area (Å²) in [6, 6.07) is 12.0. The number of aromatic nitrogens is 1. The van der Waals surface area contributed by atoms with Crippen molar-refractivity contribution < 1.29 is 18.0 Å². The van der Waals surface area contributed by atoms with Gasteiger partial charge in [0.1, 0.15) is 11.5 Å². The number of nitrogens with zero attached hydrogens (tertiary/aromatic N) is 1. The van der Waals surface area contributed by atoms with Crippen molar-refractivity contribution in [1.29, 1.82) is 5.41 Å². The van der Waals surface area contributed by atoms with Gasteiger partial charge in [-0.05, 0) is 48.6 Å². The number of carbonyl (C=O) groups excluding carboxylic acids is 1. The van der Waals surface area contributed by atoms with Gasteiger partial charge in [-0.2, -0.15) is 13.2 Å². The monoisotopic (exact) mass is 456 g/mol. The van der Waals surface area contributed by atoms with Crippen LogP contribution in [0.25, 0.3) is 10.9 Å². The molecule has 2 aromatic carbocycles. The average molecular weight is 457 g/mol. The smallest absolute Gasteiger partial charge is 0.384 e. The number of nitrogens with two attached hydrogens (primary N) is 1. The summed E-state index contributed by atoms with van der Waals surface area (Å²) >= 11 is 0. The molecule has 1 amide bonds. The number of amidine groups is 1. The van der Waals surface area contributed by atoms with Crippen molar-refractivity contribution >= 4 is 22.6 Å². The Morgan fingerprint density at radius 2 is 1.76 bits per heavy atom. The van der Waals surface area contributed by atoms with Crippen LogP contribution in [-0.2, 0) is 12.7 Å². The molecule has 4 rings (SSSR count). The van der Waals surface area contributed by atoms with Crippen LogP contribution < -0.4 is 11.1 Å². The minimum atomic E-state index is -4.40. The van der Waals surface area contributed by atoms with Crippen molar-refractivity contribution in [1.82, 2.24) is 9.88 Å². The first-order valence-electron chi connectivity index (χ1n) is 11.1. The van der Waals surface area contributed by atoms with Gasteiger partial charge in [0.2, 0.25) is 0 Å². The summed E-state index contributed by atoms with van der Waals surface area (Å²) in [5.41, 5.74) is 7.22. The Kier molecular flexibility index (Phi) is 6.44. The molecular weight excluding hydrogens is 429 g/mol. The maximum Gasteiger partial charge on any atom is 0.416 e. The lowest BCUT2D eigenvalue weighted by Gasteiger charge is -2.22. The number of halogens is 3. The maximum absolute atomic E-state index is 13.1. The molecule has 0 saturated heterocycles. The van der Waals surface area contributed by atoms with E-state index in [2.05, 4.69) is 5.32 Å². The molecule has 0 radical (unpaired) electrons. The van der Waals surface area contributed by atoms with Crippen LogP contribution in [0.5, 0.6) is 0 Å². The Morgan fingerprint density at radius 3 is 2.39 bits per heavy atom. The molecule has 8 heteroatoms. The molecular formula is C25H27F3N4O. The van der Waals surface area contributed by atoms with E-state index in [1.807, 2.05) is 0 Å². The third-order valence-electron chi connectivity index (χ3n) is 6.35. The van der Waals surface area contributed by atoms with E-state index in [1.54, 1.807) is 28.8 Å². The van der Waals surface area contributed by atoms with Crippen molar-refractivity contribution in [3.63, 3.8) is 0 Å². The van der Waals surface area contributed by atoms with Gasteiger partial charge < -0.3 is 15.6 Å². The predicted octanol–water partition coefficient (Wildman–Crippen LogP) is 5.30. The highest BCUT2D eigenvalue weighted by Crippen LogP contribution is 2.30. The summed E-state index contributed by atoms with van der Waals surface area (Å²) < 4.78 is 40.6. The van der Waals surface area contributed by atoms with Crippen molar-refractivity contribution in [2.45, 2.75) is 44.8 Å². The summed E-state index contributed by atoms with van der Waals surface area (Å²) in [4.78, 5) is 13.1. The van der Waals surface area contributed by atoms with Crippen LogP contribution in [-0.4, -0.2) is 22.9 Å². The lowest BCUT2D eigenvalue weighted by Crippen LogP contribution is -2.31. The summed E-state index contributed by atoms with van der Waals surface area (Å²) in [5, 5.41) is 11.6. The highest BCUT2D eigenvalue weighted by Gasteiger charge is 2.30. The highest BCUT2D eigenvalue weighted by molar-refractivity contribution is 6.02. The van der Waals surface area contributed by atoms with E-state index >= 15 is 0 Å². The number of nitrogens with one attached hydrogen (secondary N) is 2. The van der Waals surface area contributed by atoms with Crippen molar-refractivity contribution in [2.24, 2.45) is 11.7 Å². The molecule has 1 saturated carbocycles. The lowest BCUT2D eigenvalue weighted by atomic mass is 9.89. The fourth-order valence-corrected chi connectivity index (χ4v) is 4.48. The Bertz CT molecular complexity index is 1160. The molecule has 1 aliphatic carbocycles. The fourth-order valence-electron chi connectivity index (χ4n) is 4.48. The van der Waals surface area contributed by atoms with E-state index in [-0.39, 0.29) is 18.3 Å². The molecule has 3 aromatic rings. The predicted molar refractivity (Wildman–Crippen MR) is 122 cm³/mol. The Balaban J connectivity index is 1.66. The zero-order chi connectivity index (χ0) is 23.6. The van der Waals surface area contributed by atoms with E-state index in [4.69, 9.17) is 11.1 Å². The maximum atomic E-state index is 13.1. The first kappa shape index (κ1) is 22.9. The quantitative estimate of drug-likeness (QED) is 0.347. The van der Waals surface area contributed by atoms with Gasteiger partial charge in [-0.3, -0.25) is 10.2 Å². The largest absolute Gasteiger partial charge is 0.416 e. The molecule has 1 aliphatic rings.